The number of nitrogens with zero attached hydrogens (tertiary/aromatic N) is 1. The Morgan fingerprint density at radius 2 is 2.18 bits per heavy atom. The molecule has 0 radical (unpaired) electrons. The molecule has 2 heteroatoms. The quantitative estimate of drug-likeness (QED) is 0.655. The zero-order valence-electron chi connectivity index (χ0n) is 16.8. The number of hydrogen-bond donors (Lipinski definition) is 0. The van der Waals surface area contributed by atoms with Crippen LogP contribution in [-0.2, 0) is 0 Å². The van der Waals surface area contributed by atoms with Crippen LogP contribution in [0.2, 0.25) is 0 Å². The van der Waals surface area contributed by atoms with Gasteiger partial charge in [-0.1, -0.05) is 18.2 Å². The zero-order valence-corrected chi connectivity index (χ0v) is 12.8. The first kappa shape index (κ1) is 11.0. The molecule has 0 N–H and O–H groups in total. The lowest BCUT2D eigenvalue weighted by Gasteiger charge is -2.41. The molecule has 22 heavy (non-hydrogen) atoms. The van der Waals surface area contributed by atoms with E-state index in [1.165, 1.54) is 12.1 Å². The van der Waals surface area contributed by atoms with Crippen molar-refractivity contribution >= 4 is 0 Å². The predicted molar refractivity (Wildman–Crippen MR) is 86.8 cm³/mol. The SMILES string of the molecule is [2H]C1([2H])CC2CC(c3ccc(C#N)c(F)c3)CCC2C([2H])([2H])C1/C=C/C. The molecular formula is C20H24FN. The average Bonchev–Trinajstić information content (AvgIpc) is 2.57. The van der Waals surface area contributed by atoms with E-state index in [0.717, 1.165) is 12.0 Å². The highest BCUT2D eigenvalue weighted by Crippen LogP contribution is 2.47. The molecule has 1 aromatic carbocycles. The van der Waals surface area contributed by atoms with Crippen molar-refractivity contribution < 1.29 is 9.87 Å². The molecule has 3 rings (SSSR count). The summed E-state index contributed by atoms with van der Waals surface area (Å²) in [6.45, 7) is 1.80. The summed E-state index contributed by atoms with van der Waals surface area (Å²) < 4.78 is 48.0. The molecule has 116 valence electrons. The molecule has 2 aliphatic rings. The first-order chi connectivity index (χ1) is 12.2. The van der Waals surface area contributed by atoms with Crippen molar-refractivity contribution in [3.63, 3.8) is 0 Å². The predicted octanol–water partition coefficient (Wildman–Crippen LogP) is 5.57. The van der Waals surface area contributed by atoms with Gasteiger partial charge in [0.05, 0.1) is 5.56 Å². The average molecular weight is 301 g/mol. The Kier molecular flexibility index (Phi) is 3.32. The van der Waals surface area contributed by atoms with E-state index < -0.39 is 24.5 Å². The van der Waals surface area contributed by atoms with Gasteiger partial charge in [-0.2, -0.15) is 5.26 Å². The second kappa shape index (κ2) is 6.65. The third-order valence-corrected chi connectivity index (χ3v) is 4.95. The molecule has 0 heterocycles. The molecule has 1 nitrogen and oxygen atoms in total. The fourth-order valence-corrected chi connectivity index (χ4v) is 3.77. The van der Waals surface area contributed by atoms with E-state index in [4.69, 9.17) is 10.7 Å². The van der Waals surface area contributed by atoms with Gasteiger partial charge >= 0.3 is 0 Å². The van der Waals surface area contributed by atoms with Gasteiger partial charge in [0, 0.05) is 5.48 Å². The molecule has 2 fully saturated rings. The maximum atomic E-state index is 14.0. The van der Waals surface area contributed by atoms with Crippen LogP contribution < -0.4 is 0 Å². The first-order valence-corrected chi connectivity index (χ1v) is 8.03. The Morgan fingerprint density at radius 1 is 1.32 bits per heavy atom. The standard InChI is InChI=1S/C20H24FN/c1-2-3-14-4-5-16-11-17(7-6-15(16)10-14)18-8-9-19(13-22)20(21)12-18/h2-3,8-9,12,14-17H,4-7,10-11H2,1H3/b3-2+/i4D2,10D2. The van der Waals surface area contributed by atoms with Crippen LogP contribution in [0.25, 0.3) is 0 Å². The number of hydrogen-bond acceptors (Lipinski definition) is 1. The van der Waals surface area contributed by atoms with E-state index in [2.05, 4.69) is 0 Å². The normalized spacial score (nSPS) is 39.0. The van der Waals surface area contributed by atoms with Crippen molar-refractivity contribution in [3.8, 4) is 6.07 Å². The second-order valence-corrected chi connectivity index (χ2v) is 6.31. The van der Waals surface area contributed by atoms with Crippen LogP contribution in [0.5, 0.6) is 0 Å². The van der Waals surface area contributed by atoms with Crippen molar-refractivity contribution in [2.75, 3.05) is 0 Å². The second-order valence-electron chi connectivity index (χ2n) is 6.31. The molecule has 0 aliphatic heterocycles. The Morgan fingerprint density at radius 3 is 2.91 bits per heavy atom. The van der Waals surface area contributed by atoms with Gasteiger partial charge in [0.2, 0.25) is 0 Å². The Bertz CT molecular complexity index is 753. The number of rotatable bonds is 2. The molecule has 4 unspecified atom stereocenters. The van der Waals surface area contributed by atoms with Crippen LogP contribution in [0.4, 0.5) is 4.39 Å². The summed E-state index contributed by atoms with van der Waals surface area (Å²) >= 11 is 0. The molecule has 2 saturated carbocycles. The summed E-state index contributed by atoms with van der Waals surface area (Å²) in [5.74, 6) is -1.39. The third-order valence-electron chi connectivity index (χ3n) is 4.95. The monoisotopic (exact) mass is 301 g/mol. The molecule has 0 spiro atoms. The van der Waals surface area contributed by atoms with Gasteiger partial charge in [-0.15, -0.1) is 0 Å². The van der Waals surface area contributed by atoms with Gasteiger partial charge in [0.1, 0.15) is 11.9 Å². The lowest BCUT2D eigenvalue weighted by molar-refractivity contribution is 0.133. The largest absolute Gasteiger partial charge is 0.206 e. The molecule has 4 atom stereocenters. The number of allylic oxidation sites excluding steroid dienone is 2. The fraction of sp³-hybridized carbons (Fsp3) is 0.550. The minimum atomic E-state index is -1.59. The van der Waals surface area contributed by atoms with E-state index in [-0.39, 0.29) is 23.3 Å². The minimum absolute atomic E-state index is 0.0296. The van der Waals surface area contributed by atoms with E-state index >= 15 is 0 Å². The Hall–Kier alpha value is -1.62. The fourth-order valence-electron chi connectivity index (χ4n) is 3.77. The number of halogens is 1. The highest BCUT2D eigenvalue weighted by atomic mass is 19.1. The minimum Gasteiger partial charge on any atom is -0.206 e. The van der Waals surface area contributed by atoms with Crippen molar-refractivity contribution in [3.05, 3.63) is 47.3 Å². The highest BCUT2D eigenvalue weighted by molar-refractivity contribution is 5.35. The number of benzene rings is 1. The van der Waals surface area contributed by atoms with E-state index in [0.29, 0.717) is 19.3 Å². The first-order valence-electron chi connectivity index (χ1n) is 10.0. The Labute approximate surface area is 138 Å². The lowest BCUT2D eigenvalue weighted by Crippen LogP contribution is -2.30. The molecule has 0 amide bonds. The summed E-state index contributed by atoms with van der Waals surface area (Å²) in [4.78, 5) is 0. The van der Waals surface area contributed by atoms with E-state index in [1.807, 2.05) is 6.07 Å². The van der Waals surface area contributed by atoms with Crippen LogP contribution in [0, 0.1) is 34.9 Å². The van der Waals surface area contributed by atoms with Crippen LogP contribution in [0.3, 0.4) is 0 Å². The van der Waals surface area contributed by atoms with Crippen LogP contribution in [-0.4, -0.2) is 0 Å². The van der Waals surface area contributed by atoms with Gasteiger partial charge in [-0.05, 0) is 86.7 Å². The lowest BCUT2D eigenvalue weighted by atomic mass is 9.64. The summed E-state index contributed by atoms with van der Waals surface area (Å²) in [5, 5.41) is 8.88. The van der Waals surface area contributed by atoms with E-state index in [9.17, 15) is 4.39 Å². The smallest absolute Gasteiger partial charge is 0.141 e. The molecule has 0 saturated heterocycles. The number of fused-ring (bicyclic) bond motifs is 1. The summed E-state index contributed by atoms with van der Waals surface area (Å²) in [6.07, 6.45) is 2.68. The molecule has 0 aromatic heterocycles. The van der Waals surface area contributed by atoms with Crippen molar-refractivity contribution in [2.24, 2.45) is 17.8 Å². The van der Waals surface area contributed by atoms with Gasteiger partial charge in [-0.3, -0.25) is 0 Å². The van der Waals surface area contributed by atoms with E-state index in [1.54, 1.807) is 25.1 Å². The maximum Gasteiger partial charge on any atom is 0.141 e. The molecule has 2 aliphatic carbocycles. The summed E-state index contributed by atoms with van der Waals surface area (Å²) in [7, 11) is 0. The number of nitriles is 1. The molecule has 1 aromatic rings. The van der Waals surface area contributed by atoms with Crippen molar-refractivity contribution in [2.45, 2.75) is 51.3 Å². The molecular weight excluding hydrogens is 273 g/mol. The zero-order chi connectivity index (χ0) is 19.1. The third kappa shape index (κ3) is 3.09. The maximum absolute atomic E-state index is 14.0. The van der Waals surface area contributed by atoms with Crippen molar-refractivity contribution in [1.29, 1.82) is 5.26 Å². The van der Waals surface area contributed by atoms with Gasteiger partial charge in [0.15, 0.2) is 0 Å². The van der Waals surface area contributed by atoms with Gasteiger partial charge in [0.25, 0.3) is 0 Å². The topological polar surface area (TPSA) is 23.8 Å². The van der Waals surface area contributed by atoms with Crippen molar-refractivity contribution in [1.82, 2.24) is 0 Å². The van der Waals surface area contributed by atoms with Gasteiger partial charge in [-0.25, -0.2) is 4.39 Å². The van der Waals surface area contributed by atoms with Crippen LogP contribution in [0.15, 0.2) is 30.4 Å². The van der Waals surface area contributed by atoms with Crippen LogP contribution >= 0.6 is 0 Å². The highest BCUT2D eigenvalue weighted by Gasteiger charge is 2.35. The summed E-state index contributed by atoms with van der Waals surface area (Å²) in [6, 6.07) is 6.52. The van der Waals surface area contributed by atoms with Gasteiger partial charge < -0.3 is 0 Å². The summed E-state index contributed by atoms with van der Waals surface area (Å²) in [5.41, 5.74) is 0.860. The Balaban J connectivity index is 1.85. The molecule has 0 bridgehead atoms. The van der Waals surface area contributed by atoms with Crippen LogP contribution in [0.1, 0.15) is 67.9 Å².